The van der Waals surface area contributed by atoms with Crippen molar-refractivity contribution in [1.29, 1.82) is 0 Å². The first kappa shape index (κ1) is 21.6. The number of benzene rings is 1. The van der Waals surface area contributed by atoms with E-state index in [1.165, 1.54) is 0 Å². The molecule has 1 aliphatic rings. The Balaban J connectivity index is 0.00000312. The Hall–Kier alpha value is -1.43. The summed E-state index contributed by atoms with van der Waals surface area (Å²) in [7, 11) is -2.76. The second-order valence-corrected chi connectivity index (χ2v) is 7.33. The molecule has 0 saturated carbocycles. The highest BCUT2D eigenvalue weighted by atomic mass is 35.5. The van der Waals surface area contributed by atoms with Gasteiger partial charge in [-0.1, -0.05) is 0 Å². The molecular weight excluding hydrogens is 387 g/mol. The fraction of sp³-hybridized carbons (Fsp3) is 0.538. The van der Waals surface area contributed by atoms with E-state index in [0.717, 1.165) is 16.8 Å². The number of rotatable bonds is 4. The summed E-state index contributed by atoms with van der Waals surface area (Å²) in [6.07, 6.45) is -3.79. The summed E-state index contributed by atoms with van der Waals surface area (Å²) in [5.41, 5.74) is -2.34. The smallest absolute Gasteiger partial charge is 0.316 e. The predicted octanol–water partition coefficient (Wildman–Crippen LogP) is 2.41. The maximum absolute atomic E-state index is 13.2. The van der Waals surface area contributed by atoms with Crippen LogP contribution in [0.25, 0.3) is 0 Å². The van der Waals surface area contributed by atoms with Crippen molar-refractivity contribution >= 4 is 28.1 Å². The number of non-ortho nitro benzene ring substituents is 1. The molecular formula is C13H17ClF3N3O4S. The molecule has 142 valence electrons. The SMILES string of the molecule is CNC1CCCN(S(=O)(=O)c2ccc([N+](=O)[O-])cc2C(F)(F)F)C1.Cl. The van der Waals surface area contributed by atoms with Crippen LogP contribution in [-0.2, 0) is 16.2 Å². The van der Waals surface area contributed by atoms with Gasteiger partial charge in [-0.15, -0.1) is 12.4 Å². The molecule has 2 rings (SSSR count). The second kappa shape index (κ2) is 7.85. The van der Waals surface area contributed by atoms with E-state index < -0.39 is 37.3 Å². The molecule has 1 heterocycles. The number of halogens is 4. The molecule has 1 unspecified atom stereocenters. The lowest BCUT2D eigenvalue weighted by molar-refractivity contribution is -0.385. The van der Waals surface area contributed by atoms with E-state index in [4.69, 9.17) is 0 Å². The summed E-state index contributed by atoms with van der Waals surface area (Å²) in [5, 5.41) is 13.6. The molecule has 1 atom stereocenters. The third-order valence-corrected chi connectivity index (χ3v) is 5.81. The van der Waals surface area contributed by atoms with Gasteiger partial charge in [0.25, 0.3) is 5.69 Å². The van der Waals surface area contributed by atoms with E-state index in [-0.39, 0.29) is 37.6 Å². The molecule has 0 radical (unpaired) electrons. The van der Waals surface area contributed by atoms with E-state index in [9.17, 15) is 31.7 Å². The minimum atomic E-state index is -5.02. The molecule has 1 aliphatic heterocycles. The first-order valence-electron chi connectivity index (χ1n) is 7.10. The number of likely N-dealkylation sites (N-methyl/N-ethyl adjacent to an activating group) is 1. The van der Waals surface area contributed by atoms with Crippen LogP contribution in [-0.4, -0.2) is 43.8 Å². The van der Waals surface area contributed by atoms with E-state index in [0.29, 0.717) is 12.5 Å². The lowest BCUT2D eigenvalue weighted by Crippen LogP contribution is -2.47. The molecule has 1 fully saturated rings. The molecule has 0 aromatic heterocycles. The zero-order valence-electron chi connectivity index (χ0n) is 13.1. The van der Waals surface area contributed by atoms with E-state index in [1.807, 2.05) is 0 Å². The molecule has 0 bridgehead atoms. The number of hydrogen-bond donors (Lipinski definition) is 1. The van der Waals surface area contributed by atoms with Gasteiger partial charge >= 0.3 is 6.18 Å². The first-order chi connectivity index (χ1) is 11.1. The van der Waals surface area contributed by atoms with Crippen LogP contribution in [0.3, 0.4) is 0 Å². The van der Waals surface area contributed by atoms with Crippen molar-refractivity contribution in [1.82, 2.24) is 9.62 Å². The molecule has 0 amide bonds. The highest BCUT2D eigenvalue weighted by Gasteiger charge is 2.41. The molecule has 1 N–H and O–H groups in total. The molecule has 25 heavy (non-hydrogen) atoms. The van der Waals surface area contributed by atoms with Crippen LogP contribution in [0.2, 0.25) is 0 Å². The lowest BCUT2D eigenvalue weighted by atomic mass is 10.1. The van der Waals surface area contributed by atoms with Gasteiger partial charge in [0.15, 0.2) is 0 Å². The fourth-order valence-corrected chi connectivity index (χ4v) is 4.33. The van der Waals surface area contributed by atoms with Crippen molar-refractivity contribution in [2.24, 2.45) is 0 Å². The summed E-state index contributed by atoms with van der Waals surface area (Å²) in [5.74, 6) is 0. The summed E-state index contributed by atoms with van der Waals surface area (Å²) < 4.78 is 65.9. The Labute approximate surface area is 148 Å². The molecule has 12 heteroatoms. The topological polar surface area (TPSA) is 92.6 Å². The van der Waals surface area contributed by atoms with Crippen LogP contribution in [0.5, 0.6) is 0 Å². The number of sulfonamides is 1. The summed E-state index contributed by atoms with van der Waals surface area (Å²) in [4.78, 5) is 8.74. The number of nitro groups is 1. The molecule has 1 aromatic rings. The Kier molecular flexibility index (Phi) is 6.79. The Bertz CT molecular complexity index is 743. The molecule has 7 nitrogen and oxygen atoms in total. The number of piperidine rings is 1. The zero-order chi connectivity index (χ0) is 18.1. The summed E-state index contributed by atoms with van der Waals surface area (Å²) in [6, 6.07) is 1.52. The van der Waals surface area contributed by atoms with Crippen LogP contribution in [0.15, 0.2) is 23.1 Å². The first-order valence-corrected chi connectivity index (χ1v) is 8.54. The molecule has 1 aromatic carbocycles. The van der Waals surface area contributed by atoms with Crippen LogP contribution < -0.4 is 5.32 Å². The lowest BCUT2D eigenvalue weighted by Gasteiger charge is -2.32. The minimum Gasteiger partial charge on any atom is -0.316 e. The third-order valence-electron chi connectivity index (χ3n) is 3.89. The van der Waals surface area contributed by atoms with Gasteiger partial charge in [-0.05, 0) is 26.0 Å². The highest BCUT2D eigenvalue weighted by molar-refractivity contribution is 7.89. The van der Waals surface area contributed by atoms with Crippen LogP contribution in [0.1, 0.15) is 18.4 Å². The van der Waals surface area contributed by atoms with Gasteiger partial charge < -0.3 is 5.32 Å². The predicted molar refractivity (Wildman–Crippen MR) is 86.2 cm³/mol. The van der Waals surface area contributed by atoms with Crippen molar-refractivity contribution in [3.05, 3.63) is 33.9 Å². The number of hydrogen-bond acceptors (Lipinski definition) is 5. The van der Waals surface area contributed by atoms with Crippen LogP contribution in [0.4, 0.5) is 18.9 Å². The van der Waals surface area contributed by atoms with Crippen molar-refractivity contribution in [3.8, 4) is 0 Å². The summed E-state index contributed by atoms with van der Waals surface area (Å²) in [6.45, 7) is 0.155. The minimum absolute atomic E-state index is 0. The van der Waals surface area contributed by atoms with E-state index in [2.05, 4.69) is 5.32 Å². The number of nitrogens with one attached hydrogen (secondary N) is 1. The van der Waals surface area contributed by atoms with Crippen molar-refractivity contribution < 1.29 is 26.5 Å². The second-order valence-electron chi connectivity index (χ2n) is 5.43. The van der Waals surface area contributed by atoms with Gasteiger partial charge in [-0.2, -0.15) is 17.5 Å². The van der Waals surface area contributed by atoms with Crippen molar-refractivity contribution in [2.75, 3.05) is 20.1 Å². The monoisotopic (exact) mass is 403 g/mol. The molecule has 0 spiro atoms. The van der Waals surface area contributed by atoms with Crippen molar-refractivity contribution in [3.63, 3.8) is 0 Å². The number of nitrogens with zero attached hydrogens (tertiary/aromatic N) is 2. The van der Waals surface area contributed by atoms with Gasteiger partial charge in [0.2, 0.25) is 10.0 Å². The van der Waals surface area contributed by atoms with E-state index >= 15 is 0 Å². The van der Waals surface area contributed by atoms with Crippen LogP contribution in [0, 0.1) is 10.1 Å². The standard InChI is InChI=1S/C13H16F3N3O4S.ClH/c1-17-9-3-2-6-18(8-9)24(22,23)12-5-4-10(19(20)21)7-11(12)13(14,15)16;/h4-5,7,9,17H,2-3,6,8H2,1H3;1H. The Morgan fingerprint density at radius 3 is 2.52 bits per heavy atom. The maximum Gasteiger partial charge on any atom is 0.417 e. The Morgan fingerprint density at radius 2 is 2.00 bits per heavy atom. The largest absolute Gasteiger partial charge is 0.417 e. The fourth-order valence-electron chi connectivity index (χ4n) is 2.61. The normalized spacial score (nSPS) is 19.3. The maximum atomic E-state index is 13.2. The average molecular weight is 404 g/mol. The van der Waals surface area contributed by atoms with Crippen molar-refractivity contribution in [2.45, 2.75) is 30.0 Å². The van der Waals surface area contributed by atoms with Gasteiger partial charge in [-0.25, -0.2) is 8.42 Å². The Morgan fingerprint density at radius 1 is 1.36 bits per heavy atom. The quantitative estimate of drug-likeness (QED) is 0.615. The number of alkyl halides is 3. The van der Waals surface area contributed by atoms with Gasteiger partial charge in [0, 0.05) is 31.3 Å². The highest BCUT2D eigenvalue weighted by Crippen LogP contribution is 2.37. The van der Waals surface area contributed by atoms with Gasteiger partial charge in [-0.3, -0.25) is 10.1 Å². The number of nitro benzene ring substituents is 1. The average Bonchev–Trinajstić information content (AvgIpc) is 2.53. The van der Waals surface area contributed by atoms with Crippen LogP contribution >= 0.6 is 12.4 Å². The van der Waals surface area contributed by atoms with E-state index in [1.54, 1.807) is 7.05 Å². The molecule has 0 aliphatic carbocycles. The van der Waals surface area contributed by atoms with Gasteiger partial charge in [0.05, 0.1) is 15.4 Å². The zero-order valence-corrected chi connectivity index (χ0v) is 14.7. The van der Waals surface area contributed by atoms with Gasteiger partial charge in [0.1, 0.15) is 0 Å². The summed E-state index contributed by atoms with van der Waals surface area (Å²) >= 11 is 0. The molecule has 1 saturated heterocycles. The third kappa shape index (κ3) is 4.60.